The minimum Gasteiger partial charge on any atom is -0.481 e. The van der Waals surface area contributed by atoms with Crippen LogP contribution in [0.4, 0.5) is 0 Å². The van der Waals surface area contributed by atoms with Gasteiger partial charge < -0.3 is 107 Å². The Hall–Kier alpha value is -7.82. The van der Waals surface area contributed by atoms with Crippen LogP contribution in [0.3, 0.4) is 0 Å². The highest BCUT2D eigenvalue weighted by molar-refractivity contribution is 5.99. The second-order valence-electron chi connectivity index (χ2n) is 19.7. The highest BCUT2D eigenvalue weighted by Gasteiger charge is 2.37. The number of guanidine groups is 1. The fraction of sp³-hybridized carbons (Fsp3) is 0.708. The molecule has 0 unspecified atom stereocenters. The van der Waals surface area contributed by atoms with Crippen molar-refractivity contribution in [1.82, 2.24) is 53.2 Å². The Balaban J connectivity index is 6.84. The van der Waals surface area contributed by atoms with Gasteiger partial charge in [0.1, 0.15) is 60.4 Å². The first-order valence-corrected chi connectivity index (χ1v) is 26.5. The van der Waals surface area contributed by atoms with Crippen molar-refractivity contribution in [2.24, 2.45) is 45.5 Å². The van der Waals surface area contributed by atoms with E-state index in [4.69, 9.17) is 28.7 Å². The van der Waals surface area contributed by atoms with Crippen molar-refractivity contribution in [2.45, 2.75) is 172 Å². The standard InChI is InChI=1S/C48H86N16O18/c1-7-23(4)36(63-34(69)19-50)45(79)61-31(20-65)44(78)55-24(5)38(72)59-29(17-22(2)3)42(76)57-27(12-10-16-54-48(52)53)40(74)56-26(11-8-9-15-49)39(73)58-28(13-14-35(70)71)41(75)64-37(25(6)67)46(80)60-30(18-33(51)68)43(77)62-32(21-66)47(81)82/h22-32,36-37,65-67H,7-21,49-50H2,1-6H3,(H2,51,68)(H,55,78)(H,56,74)(H,57,76)(H,58,73)(H,59,72)(H,60,80)(H,61,79)(H,62,77)(H,63,69)(H,64,75)(H,70,71)(H,81,82)(H4,52,53,54)/t23-,24-,25+,26-,27-,28-,29-,30-,31-,32-,36-,37+/m0/s1. The quantitative estimate of drug-likeness (QED) is 0.0154. The predicted molar refractivity (Wildman–Crippen MR) is 290 cm³/mol. The van der Waals surface area contributed by atoms with Crippen LogP contribution in [0.25, 0.3) is 0 Å². The van der Waals surface area contributed by atoms with Crippen molar-refractivity contribution in [3.8, 4) is 0 Å². The first kappa shape index (κ1) is 74.2. The first-order chi connectivity index (χ1) is 38.4. The summed E-state index contributed by atoms with van der Waals surface area (Å²) in [6.07, 6.45) is -3.61. The highest BCUT2D eigenvalue weighted by Crippen LogP contribution is 2.12. The smallest absolute Gasteiger partial charge is 0.328 e. The Bertz CT molecular complexity index is 2220. The van der Waals surface area contributed by atoms with E-state index < -0.39 is 188 Å². The number of carbonyl (C=O) groups is 13. The van der Waals surface area contributed by atoms with Gasteiger partial charge in [0.05, 0.1) is 32.3 Å². The second kappa shape index (κ2) is 38.8. The van der Waals surface area contributed by atoms with E-state index >= 15 is 0 Å². The Morgan fingerprint density at radius 3 is 1.41 bits per heavy atom. The molecule has 25 N–H and O–H groups in total. The van der Waals surface area contributed by atoms with E-state index in [-0.39, 0.29) is 57.1 Å². The summed E-state index contributed by atoms with van der Waals surface area (Å²) in [6, 6.07) is -16.2. The molecule has 82 heavy (non-hydrogen) atoms. The number of amides is 11. The molecule has 0 rings (SSSR count). The average molecular weight is 1180 g/mol. The largest absolute Gasteiger partial charge is 0.481 e. The molecular weight excluding hydrogens is 1090 g/mol. The van der Waals surface area contributed by atoms with Gasteiger partial charge in [-0.3, -0.25) is 62.5 Å². The van der Waals surface area contributed by atoms with E-state index in [1.54, 1.807) is 27.7 Å². The highest BCUT2D eigenvalue weighted by atomic mass is 16.4. The normalized spacial score (nSPS) is 15.4. The Morgan fingerprint density at radius 1 is 0.500 bits per heavy atom. The third-order valence-corrected chi connectivity index (χ3v) is 12.2. The van der Waals surface area contributed by atoms with Gasteiger partial charge in [-0.15, -0.1) is 0 Å². The van der Waals surface area contributed by atoms with Gasteiger partial charge in [-0.25, -0.2) is 4.79 Å². The molecule has 34 nitrogen and oxygen atoms in total. The number of rotatable bonds is 41. The number of aliphatic carboxylic acids is 2. The van der Waals surface area contributed by atoms with Gasteiger partial charge in [0.25, 0.3) is 0 Å². The fourth-order valence-corrected chi connectivity index (χ4v) is 7.45. The number of primary amides is 1. The lowest BCUT2D eigenvalue weighted by molar-refractivity contribution is -0.144. The number of hydrogen-bond donors (Lipinski definition) is 20. The van der Waals surface area contributed by atoms with Crippen LogP contribution < -0.4 is 81.8 Å². The van der Waals surface area contributed by atoms with Crippen LogP contribution in [-0.2, 0) is 62.3 Å². The summed E-state index contributed by atoms with van der Waals surface area (Å²) in [7, 11) is 0. The lowest BCUT2D eigenvalue weighted by atomic mass is 9.98. The summed E-state index contributed by atoms with van der Waals surface area (Å²) in [4.78, 5) is 174. The zero-order valence-electron chi connectivity index (χ0n) is 47.0. The molecule has 0 spiro atoms. The molecule has 0 aromatic rings. The molecule has 0 fully saturated rings. The molecule has 0 aliphatic heterocycles. The van der Waals surface area contributed by atoms with Crippen molar-refractivity contribution < 1.29 is 87.9 Å². The number of carboxylic acids is 2. The molecule has 0 aromatic heterocycles. The number of unbranched alkanes of at least 4 members (excludes halogenated alkanes) is 1. The van der Waals surface area contributed by atoms with E-state index in [2.05, 4.69) is 52.8 Å². The molecule has 0 saturated carbocycles. The van der Waals surface area contributed by atoms with Crippen molar-refractivity contribution in [3.63, 3.8) is 0 Å². The van der Waals surface area contributed by atoms with Gasteiger partial charge in [-0.1, -0.05) is 34.1 Å². The topological polar surface area (TPSA) is 586 Å². The van der Waals surface area contributed by atoms with Crippen LogP contribution in [0.1, 0.15) is 106 Å². The molecule has 11 amide bonds. The van der Waals surface area contributed by atoms with Gasteiger partial charge in [0.15, 0.2) is 5.96 Å². The number of carbonyl (C=O) groups excluding carboxylic acids is 11. The number of nitrogens with two attached hydrogens (primary N) is 5. The molecule has 34 heteroatoms. The number of carboxylic acid groups (broad SMARTS) is 2. The predicted octanol–water partition coefficient (Wildman–Crippen LogP) is -8.72. The summed E-state index contributed by atoms with van der Waals surface area (Å²) in [6.45, 7) is 6.74. The summed E-state index contributed by atoms with van der Waals surface area (Å²) in [5, 5.41) is 72.0. The van der Waals surface area contributed by atoms with Crippen molar-refractivity contribution >= 4 is 82.9 Å². The van der Waals surface area contributed by atoms with Crippen LogP contribution in [0.5, 0.6) is 0 Å². The van der Waals surface area contributed by atoms with Gasteiger partial charge in [0.2, 0.25) is 65.0 Å². The zero-order chi connectivity index (χ0) is 63.0. The first-order valence-electron chi connectivity index (χ1n) is 26.5. The number of aliphatic imine (C=N–C) groups is 1. The number of aliphatic hydroxyl groups excluding tert-OH is 3. The minimum atomic E-state index is -2.01. The monoisotopic (exact) mass is 1170 g/mol. The summed E-state index contributed by atoms with van der Waals surface area (Å²) < 4.78 is 0. The van der Waals surface area contributed by atoms with Gasteiger partial charge in [0, 0.05) is 13.0 Å². The Morgan fingerprint density at radius 2 is 0.951 bits per heavy atom. The Kier molecular flexibility index (Phi) is 35.1. The number of aliphatic hydroxyl groups is 3. The van der Waals surface area contributed by atoms with E-state index in [9.17, 15) is 87.9 Å². The second-order valence-corrected chi connectivity index (χ2v) is 19.7. The number of hydrogen-bond acceptors (Lipinski definition) is 19. The maximum atomic E-state index is 14.3. The lowest BCUT2D eigenvalue weighted by Gasteiger charge is -2.29. The van der Waals surface area contributed by atoms with Crippen LogP contribution in [0.15, 0.2) is 4.99 Å². The van der Waals surface area contributed by atoms with E-state index in [1.165, 1.54) is 6.92 Å². The summed E-state index contributed by atoms with van der Waals surface area (Å²) in [5.74, 6) is -15.6. The van der Waals surface area contributed by atoms with E-state index in [0.29, 0.717) is 12.8 Å². The molecule has 466 valence electrons. The van der Waals surface area contributed by atoms with Crippen molar-refractivity contribution in [3.05, 3.63) is 0 Å². The van der Waals surface area contributed by atoms with Gasteiger partial charge in [-0.05, 0) is 77.2 Å². The minimum absolute atomic E-state index is 0.0377. The van der Waals surface area contributed by atoms with Crippen molar-refractivity contribution in [2.75, 3.05) is 32.8 Å². The van der Waals surface area contributed by atoms with Crippen LogP contribution in [-0.4, -0.2) is 208 Å². The number of nitrogens with one attached hydrogen (secondary N) is 10. The average Bonchev–Trinajstić information content (AvgIpc) is 3.46. The van der Waals surface area contributed by atoms with E-state index in [1.807, 2.05) is 5.32 Å². The van der Waals surface area contributed by atoms with Crippen LogP contribution in [0, 0.1) is 11.8 Å². The molecule has 0 aliphatic rings. The third kappa shape index (κ3) is 28.5. The van der Waals surface area contributed by atoms with Gasteiger partial charge >= 0.3 is 11.9 Å². The van der Waals surface area contributed by atoms with Gasteiger partial charge in [-0.2, -0.15) is 0 Å². The Labute approximate surface area is 473 Å². The van der Waals surface area contributed by atoms with Crippen LogP contribution >= 0.6 is 0 Å². The molecule has 0 radical (unpaired) electrons. The summed E-state index contributed by atoms with van der Waals surface area (Å²) >= 11 is 0. The molecule has 12 atom stereocenters. The maximum Gasteiger partial charge on any atom is 0.328 e. The zero-order valence-corrected chi connectivity index (χ0v) is 47.0. The molecule has 0 aliphatic carbocycles. The summed E-state index contributed by atoms with van der Waals surface area (Å²) in [5.41, 5.74) is 27.3. The van der Waals surface area contributed by atoms with Crippen molar-refractivity contribution in [1.29, 1.82) is 0 Å². The van der Waals surface area contributed by atoms with Crippen LogP contribution in [0.2, 0.25) is 0 Å². The molecule has 0 aromatic carbocycles. The lowest BCUT2D eigenvalue weighted by Crippen LogP contribution is -2.62. The molecular formula is C48H86N16O18. The molecule has 0 heterocycles. The fourth-order valence-electron chi connectivity index (χ4n) is 7.45. The molecule has 0 bridgehead atoms. The SMILES string of the molecule is CC[C@H](C)[C@H](NC(=O)CN)C(=O)N[C@@H](CO)C(=O)N[C@@H](C)C(=O)N[C@@H](CC(C)C)C(=O)N[C@@H](CCCN=C(N)N)C(=O)N[C@@H](CCCCN)C(=O)N[C@@H](CCC(=O)O)C(=O)N[C@@H](C(=O)N[C@@H](CC(N)=O)C(=O)N[C@@H](CO)C(=O)O)[C@@H](C)O. The molecule has 0 saturated heterocycles. The maximum absolute atomic E-state index is 14.3. The number of nitrogens with zero attached hydrogens (tertiary/aromatic N) is 1. The third-order valence-electron chi connectivity index (χ3n) is 12.2. The van der Waals surface area contributed by atoms with E-state index in [0.717, 1.165) is 6.92 Å².